The molecule has 5 nitrogen and oxygen atoms in total. The predicted molar refractivity (Wildman–Crippen MR) is 113 cm³/mol. The summed E-state index contributed by atoms with van der Waals surface area (Å²) in [6, 6.07) is 14.5. The summed E-state index contributed by atoms with van der Waals surface area (Å²) in [4.78, 5) is 17.1. The average molecular weight is 380 g/mol. The Hall–Kier alpha value is -2.69. The first kappa shape index (κ1) is 18.7. The van der Waals surface area contributed by atoms with Gasteiger partial charge in [-0.1, -0.05) is 18.2 Å². The fourth-order valence-corrected chi connectivity index (χ4v) is 4.32. The number of piperidine rings is 1. The standard InChI is InChI=1S/C23H29N3O2/c1-17-15-20(28-2)7-8-21(17)24-23(27)25-12-9-18(10-13-25)16-26-14-11-19-5-3-4-6-22(19)26/h3-8,15,18H,9-14,16H2,1-2H3,(H,24,27). The lowest BCUT2D eigenvalue weighted by molar-refractivity contribution is 0.183. The number of fused-ring (bicyclic) bond motifs is 1. The van der Waals surface area contributed by atoms with Gasteiger partial charge in [0.2, 0.25) is 0 Å². The molecule has 0 atom stereocenters. The minimum atomic E-state index is -0.00163. The third kappa shape index (κ3) is 3.93. The van der Waals surface area contributed by atoms with E-state index in [0.717, 1.165) is 62.4 Å². The number of benzene rings is 2. The second kappa shape index (κ2) is 8.13. The third-order valence-corrected chi connectivity index (χ3v) is 6.04. The third-order valence-electron chi connectivity index (χ3n) is 6.04. The van der Waals surface area contributed by atoms with Crippen molar-refractivity contribution in [1.29, 1.82) is 0 Å². The lowest BCUT2D eigenvalue weighted by Gasteiger charge is -2.34. The molecule has 2 aliphatic rings. The first-order valence-corrected chi connectivity index (χ1v) is 10.2. The smallest absolute Gasteiger partial charge is 0.321 e. The summed E-state index contributed by atoms with van der Waals surface area (Å²) in [5.41, 5.74) is 4.73. The molecule has 148 valence electrons. The largest absolute Gasteiger partial charge is 0.497 e. The van der Waals surface area contributed by atoms with E-state index in [1.54, 1.807) is 7.11 Å². The number of nitrogens with zero attached hydrogens (tertiary/aromatic N) is 2. The zero-order valence-electron chi connectivity index (χ0n) is 16.8. The molecule has 0 unspecified atom stereocenters. The number of rotatable bonds is 4. The summed E-state index contributed by atoms with van der Waals surface area (Å²) >= 11 is 0. The summed E-state index contributed by atoms with van der Waals surface area (Å²) in [6.07, 6.45) is 3.28. The van der Waals surface area contributed by atoms with Crippen molar-refractivity contribution >= 4 is 17.4 Å². The number of amides is 2. The van der Waals surface area contributed by atoms with Crippen LogP contribution in [0.3, 0.4) is 0 Å². The highest BCUT2D eigenvalue weighted by atomic mass is 16.5. The molecule has 2 amide bonds. The maximum absolute atomic E-state index is 12.7. The number of methoxy groups -OCH3 is 1. The van der Waals surface area contributed by atoms with E-state index in [0.29, 0.717) is 5.92 Å². The summed E-state index contributed by atoms with van der Waals surface area (Å²) in [7, 11) is 1.65. The Morgan fingerprint density at radius 2 is 1.93 bits per heavy atom. The van der Waals surface area contributed by atoms with Gasteiger partial charge >= 0.3 is 6.03 Å². The minimum Gasteiger partial charge on any atom is -0.497 e. The van der Waals surface area contributed by atoms with Crippen molar-refractivity contribution in [3.8, 4) is 5.75 Å². The molecule has 0 radical (unpaired) electrons. The number of nitrogens with one attached hydrogen (secondary N) is 1. The van der Waals surface area contributed by atoms with Gasteiger partial charge in [0.1, 0.15) is 5.75 Å². The summed E-state index contributed by atoms with van der Waals surface area (Å²) in [5.74, 6) is 1.46. The molecule has 1 N–H and O–H groups in total. The normalized spacial score (nSPS) is 16.8. The van der Waals surface area contributed by atoms with Crippen LogP contribution >= 0.6 is 0 Å². The van der Waals surface area contributed by atoms with Crippen molar-refractivity contribution in [2.45, 2.75) is 26.2 Å². The molecule has 2 aliphatic heterocycles. The van der Waals surface area contributed by atoms with Crippen molar-refractivity contribution < 1.29 is 9.53 Å². The zero-order chi connectivity index (χ0) is 19.5. The monoisotopic (exact) mass is 379 g/mol. The van der Waals surface area contributed by atoms with E-state index < -0.39 is 0 Å². The molecule has 0 aliphatic carbocycles. The summed E-state index contributed by atoms with van der Waals surface area (Å²) in [5, 5.41) is 3.05. The highest BCUT2D eigenvalue weighted by molar-refractivity contribution is 5.90. The molecule has 2 heterocycles. The molecule has 5 heteroatoms. The molecule has 0 bridgehead atoms. The Bertz CT molecular complexity index is 843. The van der Waals surface area contributed by atoms with Crippen LogP contribution in [0.4, 0.5) is 16.2 Å². The van der Waals surface area contributed by atoms with Crippen molar-refractivity contribution in [2.75, 3.05) is 43.5 Å². The lowest BCUT2D eigenvalue weighted by Crippen LogP contribution is -2.43. The highest BCUT2D eigenvalue weighted by Crippen LogP contribution is 2.30. The molecule has 28 heavy (non-hydrogen) atoms. The number of carbonyl (C=O) groups excluding carboxylic acids is 1. The number of aryl methyl sites for hydroxylation is 1. The molecular weight excluding hydrogens is 350 g/mol. The Labute approximate surface area is 167 Å². The molecular formula is C23H29N3O2. The number of hydrogen-bond donors (Lipinski definition) is 1. The Morgan fingerprint density at radius 1 is 1.14 bits per heavy atom. The average Bonchev–Trinajstić information content (AvgIpc) is 3.13. The fraction of sp³-hybridized carbons (Fsp3) is 0.435. The molecule has 0 saturated carbocycles. The maximum atomic E-state index is 12.7. The minimum absolute atomic E-state index is 0.00163. The van der Waals surface area contributed by atoms with Crippen LogP contribution in [0.2, 0.25) is 0 Å². The number of urea groups is 1. The number of anilines is 2. The second-order valence-corrected chi connectivity index (χ2v) is 7.87. The van der Waals surface area contributed by atoms with E-state index in [4.69, 9.17) is 4.74 Å². The van der Waals surface area contributed by atoms with Gasteiger partial charge in [0.15, 0.2) is 0 Å². The van der Waals surface area contributed by atoms with Crippen LogP contribution in [0.1, 0.15) is 24.0 Å². The van der Waals surface area contributed by atoms with Crippen molar-refractivity contribution in [3.05, 3.63) is 53.6 Å². The lowest BCUT2D eigenvalue weighted by atomic mass is 9.96. The summed E-state index contributed by atoms with van der Waals surface area (Å²) in [6.45, 7) is 5.85. The highest BCUT2D eigenvalue weighted by Gasteiger charge is 2.27. The van der Waals surface area contributed by atoms with Crippen LogP contribution in [0.5, 0.6) is 5.75 Å². The van der Waals surface area contributed by atoms with Crippen molar-refractivity contribution in [1.82, 2.24) is 4.90 Å². The predicted octanol–water partition coefficient (Wildman–Crippen LogP) is 4.31. The van der Waals surface area contributed by atoms with Crippen LogP contribution in [0, 0.1) is 12.8 Å². The second-order valence-electron chi connectivity index (χ2n) is 7.87. The van der Waals surface area contributed by atoms with Crippen molar-refractivity contribution in [3.63, 3.8) is 0 Å². The molecule has 0 spiro atoms. The molecule has 1 saturated heterocycles. The number of hydrogen-bond acceptors (Lipinski definition) is 3. The van der Waals surface area contributed by atoms with E-state index in [1.807, 2.05) is 30.0 Å². The Kier molecular flexibility index (Phi) is 5.42. The van der Waals surface area contributed by atoms with Gasteiger partial charge < -0.3 is 19.9 Å². The van der Waals surface area contributed by atoms with Gasteiger partial charge in [-0.05, 0) is 67.5 Å². The number of carbonyl (C=O) groups is 1. The van der Waals surface area contributed by atoms with Crippen LogP contribution in [-0.4, -0.2) is 44.2 Å². The van der Waals surface area contributed by atoms with Crippen LogP contribution in [-0.2, 0) is 6.42 Å². The van der Waals surface area contributed by atoms with Gasteiger partial charge in [0.05, 0.1) is 7.11 Å². The van der Waals surface area contributed by atoms with Gasteiger partial charge in [-0.25, -0.2) is 4.79 Å². The van der Waals surface area contributed by atoms with Crippen LogP contribution in [0.15, 0.2) is 42.5 Å². The van der Waals surface area contributed by atoms with E-state index >= 15 is 0 Å². The first-order chi connectivity index (χ1) is 13.6. The fourth-order valence-electron chi connectivity index (χ4n) is 4.32. The van der Waals surface area contributed by atoms with Gasteiger partial charge in [0, 0.05) is 37.6 Å². The molecule has 0 aromatic heterocycles. The van der Waals surface area contributed by atoms with Gasteiger partial charge in [-0.2, -0.15) is 0 Å². The van der Waals surface area contributed by atoms with Gasteiger partial charge in [0.25, 0.3) is 0 Å². The van der Waals surface area contributed by atoms with Gasteiger partial charge in [-0.3, -0.25) is 0 Å². The zero-order valence-corrected chi connectivity index (χ0v) is 16.8. The number of ether oxygens (including phenoxy) is 1. The summed E-state index contributed by atoms with van der Waals surface area (Å²) < 4.78 is 5.23. The van der Waals surface area contributed by atoms with E-state index in [-0.39, 0.29) is 6.03 Å². The van der Waals surface area contributed by atoms with Gasteiger partial charge in [-0.15, -0.1) is 0 Å². The SMILES string of the molecule is COc1ccc(NC(=O)N2CCC(CN3CCc4ccccc43)CC2)c(C)c1. The Morgan fingerprint density at radius 3 is 2.68 bits per heavy atom. The number of likely N-dealkylation sites (tertiary alicyclic amines) is 1. The van der Waals surface area contributed by atoms with Crippen LogP contribution in [0.25, 0.3) is 0 Å². The molecule has 4 rings (SSSR count). The first-order valence-electron chi connectivity index (χ1n) is 10.2. The molecule has 2 aromatic carbocycles. The van der Waals surface area contributed by atoms with Crippen molar-refractivity contribution in [2.24, 2.45) is 5.92 Å². The molecule has 1 fully saturated rings. The van der Waals surface area contributed by atoms with E-state index in [1.165, 1.54) is 11.3 Å². The van der Waals surface area contributed by atoms with Crippen LogP contribution < -0.4 is 15.0 Å². The maximum Gasteiger partial charge on any atom is 0.321 e. The van der Waals surface area contributed by atoms with E-state index in [9.17, 15) is 4.79 Å². The quantitative estimate of drug-likeness (QED) is 0.861. The molecule has 2 aromatic rings. The number of para-hydroxylation sites is 1. The van der Waals surface area contributed by atoms with E-state index in [2.05, 4.69) is 34.5 Å². The Balaban J connectivity index is 1.29. The topological polar surface area (TPSA) is 44.8 Å².